The number of nitrogens with zero attached hydrogens (tertiary/aromatic N) is 2. The van der Waals surface area contributed by atoms with E-state index in [1.807, 2.05) is 32.9 Å². The van der Waals surface area contributed by atoms with Crippen LogP contribution in [-0.4, -0.2) is 24.7 Å². The maximum atomic E-state index is 12.4. The van der Waals surface area contributed by atoms with Gasteiger partial charge in [0.2, 0.25) is 10.0 Å². The maximum absolute atomic E-state index is 12.4. The summed E-state index contributed by atoms with van der Waals surface area (Å²) in [4.78, 5) is 0.353. The second-order valence-corrected chi connectivity index (χ2v) is 7.19. The number of aromatic nitrogens is 2. The van der Waals surface area contributed by atoms with Crippen LogP contribution in [-0.2, 0) is 16.6 Å². The van der Waals surface area contributed by atoms with E-state index in [2.05, 4.69) is 9.82 Å². The number of hydrogen-bond donors (Lipinski definition) is 1. The molecule has 2 aromatic rings. The second-order valence-electron chi connectivity index (χ2n) is 5.05. The molecule has 0 radical (unpaired) electrons. The molecule has 114 valence electrons. The van der Waals surface area contributed by atoms with Crippen molar-refractivity contribution in [2.75, 3.05) is 6.54 Å². The van der Waals surface area contributed by atoms with Crippen LogP contribution in [0.25, 0.3) is 0 Å². The van der Waals surface area contributed by atoms with E-state index >= 15 is 0 Å². The molecule has 21 heavy (non-hydrogen) atoms. The van der Waals surface area contributed by atoms with Gasteiger partial charge >= 0.3 is 0 Å². The highest BCUT2D eigenvalue weighted by Crippen LogP contribution is 2.21. The van der Waals surface area contributed by atoms with E-state index in [0.29, 0.717) is 16.5 Å². The highest BCUT2D eigenvalue weighted by molar-refractivity contribution is 7.89. The molecule has 0 fully saturated rings. The Labute approximate surface area is 130 Å². The molecule has 1 aromatic carbocycles. The van der Waals surface area contributed by atoms with Crippen LogP contribution in [0.3, 0.4) is 0 Å². The average Bonchev–Trinajstić information content (AvgIpc) is 2.72. The summed E-state index contributed by atoms with van der Waals surface area (Å²) in [6.45, 7) is 6.25. The number of sulfonamides is 1. The lowest BCUT2D eigenvalue weighted by molar-refractivity contribution is 0.560. The molecule has 0 unspecified atom stereocenters. The van der Waals surface area contributed by atoms with E-state index in [1.54, 1.807) is 10.9 Å². The van der Waals surface area contributed by atoms with Crippen molar-refractivity contribution in [3.8, 4) is 0 Å². The van der Waals surface area contributed by atoms with Crippen molar-refractivity contribution in [3.05, 3.63) is 46.2 Å². The Hall–Kier alpha value is -1.37. The van der Waals surface area contributed by atoms with Gasteiger partial charge < -0.3 is 0 Å². The van der Waals surface area contributed by atoms with Crippen molar-refractivity contribution in [3.63, 3.8) is 0 Å². The van der Waals surface area contributed by atoms with Gasteiger partial charge in [0.25, 0.3) is 0 Å². The number of aryl methyl sites for hydroxylation is 3. The molecule has 0 atom stereocenters. The van der Waals surface area contributed by atoms with E-state index in [4.69, 9.17) is 11.6 Å². The predicted octanol–water partition coefficient (Wildman–Crippen LogP) is 2.44. The molecular formula is C14H18ClN3O2S. The van der Waals surface area contributed by atoms with Crippen LogP contribution in [0.5, 0.6) is 0 Å². The van der Waals surface area contributed by atoms with Crippen molar-refractivity contribution in [2.24, 2.45) is 0 Å². The summed E-state index contributed by atoms with van der Waals surface area (Å²) in [5.74, 6) is 0. The van der Waals surface area contributed by atoms with Crippen molar-refractivity contribution in [1.82, 2.24) is 14.5 Å². The highest BCUT2D eigenvalue weighted by atomic mass is 35.5. The average molecular weight is 328 g/mol. The van der Waals surface area contributed by atoms with E-state index < -0.39 is 10.0 Å². The summed E-state index contributed by atoms with van der Waals surface area (Å²) < 4.78 is 29.0. The van der Waals surface area contributed by atoms with Gasteiger partial charge in [-0.15, -0.1) is 0 Å². The lowest BCUT2D eigenvalue weighted by atomic mass is 10.1. The van der Waals surface area contributed by atoms with Gasteiger partial charge in [0.15, 0.2) is 0 Å². The molecule has 0 spiro atoms. The molecule has 5 nitrogen and oxygen atoms in total. The minimum atomic E-state index is -3.53. The van der Waals surface area contributed by atoms with Gasteiger partial charge in [0.1, 0.15) is 0 Å². The first kappa shape index (κ1) is 16.0. The Kier molecular flexibility index (Phi) is 4.70. The van der Waals surface area contributed by atoms with Gasteiger partial charge in [-0.25, -0.2) is 13.1 Å². The number of halogens is 1. The maximum Gasteiger partial charge on any atom is 0.241 e. The van der Waals surface area contributed by atoms with Crippen LogP contribution in [0, 0.1) is 20.8 Å². The summed E-state index contributed by atoms with van der Waals surface area (Å²) in [6, 6.07) is 3.74. The monoisotopic (exact) mass is 327 g/mol. The molecule has 7 heteroatoms. The van der Waals surface area contributed by atoms with Crippen LogP contribution < -0.4 is 4.72 Å². The Bertz CT molecular complexity index is 730. The number of rotatable bonds is 5. The minimum Gasteiger partial charge on any atom is -0.270 e. The summed E-state index contributed by atoms with van der Waals surface area (Å²) in [5.41, 5.74) is 2.56. The van der Waals surface area contributed by atoms with Gasteiger partial charge in [0.05, 0.1) is 22.7 Å². The normalized spacial score (nSPS) is 11.8. The molecule has 0 aliphatic carbocycles. The van der Waals surface area contributed by atoms with E-state index in [0.717, 1.165) is 16.7 Å². The molecule has 0 amide bonds. The topological polar surface area (TPSA) is 64.0 Å². The van der Waals surface area contributed by atoms with Gasteiger partial charge in [-0.3, -0.25) is 4.68 Å². The molecule has 1 heterocycles. The summed E-state index contributed by atoms with van der Waals surface area (Å²) in [6.07, 6.45) is 3.17. The van der Waals surface area contributed by atoms with Crippen molar-refractivity contribution in [2.45, 2.75) is 32.2 Å². The molecule has 2 rings (SSSR count). The second kappa shape index (κ2) is 6.17. The number of hydrogen-bond acceptors (Lipinski definition) is 3. The highest BCUT2D eigenvalue weighted by Gasteiger charge is 2.19. The molecule has 1 N–H and O–H groups in total. The SMILES string of the molecule is Cc1cc(C)c(S(=O)(=O)NCCn2cc(Cl)cn2)c(C)c1. The molecule has 0 saturated heterocycles. The van der Waals surface area contributed by atoms with E-state index in [9.17, 15) is 8.42 Å². The summed E-state index contributed by atoms with van der Waals surface area (Å²) >= 11 is 5.76. The molecule has 0 saturated carbocycles. The van der Waals surface area contributed by atoms with Crippen LogP contribution in [0.15, 0.2) is 29.4 Å². The first-order valence-electron chi connectivity index (χ1n) is 6.55. The first-order chi connectivity index (χ1) is 9.79. The molecule has 1 aromatic heterocycles. The Morgan fingerprint density at radius 1 is 1.24 bits per heavy atom. The van der Waals surface area contributed by atoms with Gasteiger partial charge in [-0.2, -0.15) is 5.10 Å². The van der Waals surface area contributed by atoms with E-state index in [1.165, 1.54) is 6.20 Å². The Morgan fingerprint density at radius 2 is 1.86 bits per heavy atom. The van der Waals surface area contributed by atoms with Gasteiger partial charge in [0, 0.05) is 12.7 Å². The van der Waals surface area contributed by atoms with Crippen LogP contribution in [0.1, 0.15) is 16.7 Å². The van der Waals surface area contributed by atoms with Crippen molar-refractivity contribution < 1.29 is 8.42 Å². The standard InChI is InChI=1S/C14H18ClN3O2S/c1-10-6-11(2)14(12(3)7-10)21(19,20)17-4-5-18-9-13(15)8-16-18/h6-9,17H,4-5H2,1-3H3. The fraction of sp³-hybridized carbons (Fsp3) is 0.357. The zero-order valence-electron chi connectivity index (χ0n) is 12.2. The lowest BCUT2D eigenvalue weighted by Crippen LogP contribution is -2.28. The third-order valence-corrected chi connectivity index (χ3v) is 5.07. The Balaban J connectivity index is 2.12. The molecule has 0 aliphatic heterocycles. The zero-order valence-corrected chi connectivity index (χ0v) is 13.8. The third-order valence-electron chi connectivity index (χ3n) is 3.11. The smallest absolute Gasteiger partial charge is 0.241 e. The molecule has 0 aliphatic rings. The van der Waals surface area contributed by atoms with Gasteiger partial charge in [-0.1, -0.05) is 29.3 Å². The summed E-state index contributed by atoms with van der Waals surface area (Å²) in [5, 5.41) is 4.54. The zero-order chi connectivity index (χ0) is 15.6. The van der Waals surface area contributed by atoms with Crippen molar-refractivity contribution in [1.29, 1.82) is 0 Å². The molecular weight excluding hydrogens is 310 g/mol. The third kappa shape index (κ3) is 3.84. The van der Waals surface area contributed by atoms with Crippen molar-refractivity contribution >= 4 is 21.6 Å². The molecule has 0 bridgehead atoms. The van der Waals surface area contributed by atoms with Crippen LogP contribution in [0.2, 0.25) is 5.02 Å². The fourth-order valence-corrected chi connectivity index (χ4v) is 4.04. The number of benzene rings is 1. The fourth-order valence-electron chi connectivity index (χ4n) is 2.42. The van der Waals surface area contributed by atoms with E-state index in [-0.39, 0.29) is 6.54 Å². The predicted molar refractivity (Wildman–Crippen MR) is 83.1 cm³/mol. The number of nitrogens with one attached hydrogen (secondary N) is 1. The Morgan fingerprint density at radius 3 is 2.38 bits per heavy atom. The lowest BCUT2D eigenvalue weighted by Gasteiger charge is -2.13. The quantitative estimate of drug-likeness (QED) is 0.917. The van der Waals surface area contributed by atoms with Gasteiger partial charge in [-0.05, 0) is 31.9 Å². The minimum absolute atomic E-state index is 0.257. The van der Waals surface area contributed by atoms with Crippen LogP contribution in [0.4, 0.5) is 0 Å². The van der Waals surface area contributed by atoms with Crippen LogP contribution >= 0.6 is 11.6 Å². The first-order valence-corrected chi connectivity index (χ1v) is 8.41. The summed E-state index contributed by atoms with van der Waals surface area (Å²) in [7, 11) is -3.53. The largest absolute Gasteiger partial charge is 0.270 e.